The molecule has 2 bridgehead atoms. The minimum Gasteiger partial charge on any atom is -0.379 e. The summed E-state index contributed by atoms with van der Waals surface area (Å²) in [6.45, 7) is 5.40. The molecule has 0 aliphatic carbocycles. The molecule has 0 amide bonds. The van der Waals surface area contributed by atoms with Crippen molar-refractivity contribution < 1.29 is 9.26 Å². The highest BCUT2D eigenvalue weighted by Crippen LogP contribution is 2.20. The molecule has 7 heteroatoms. The molecule has 2 fully saturated rings. The number of hydrogen-bond donors (Lipinski definition) is 0. The van der Waals surface area contributed by atoms with E-state index in [0.29, 0.717) is 30.2 Å². The van der Waals surface area contributed by atoms with Crippen molar-refractivity contribution in [2.45, 2.75) is 12.6 Å². The summed E-state index contributed by atoms with van der Waals surface area (Å²) in [5.41, 5.74) is 0.927. The van der Waals surface area contributed by atoms with Gasteiger partial charge in [-0.1, -0.05) is 5.16 Å². The first-order valence-corrected chi connectivity index (χ1v) is 8.01. The Kier molecular flexibility index (Phi) is 4.07. The van der Waals surface area contributed by atoms with Crippen molar-refractivity contribution in [1.82, 2.24) is 24.9 Å². The highest BCUT2D eigenvalue weighted by molar-refractivity contribution is 5.52. The average Bonchev–Trinajstić information content (AvgIpc) is 2.87. The molecule has 4 heterocycles. The Hall–Kier alpha value is -1.83. The molecule has 7 nitrogen and oxygen atoms in total. The number of fused-ring (bicyclic) bond motifs is 3. The van der Waals surface area contributed by atoms with Gasteiger partial charge < -0.3 is 9.26 Å². The van der Waals surface area contributed by atoms with Gasteiger partial charge >= 0.3 is 0 Å². The maximum absolute atomic E-state index is 5.77. The summed E-state index contributed by atoms with van der Waals surface area (Å²) >= 11 is 0. The Balaban J connectivity index is 1.47. The average molecular weight is 315 g/mol. The smallest absolute Gasteiger partial charge is 0.241 e. The van der Waals surface area contributed by atoms with E-state index in [9.17, 15) is 0 Å². The van der Waals surface area contributed by atoms with Crippen LogP contribution in [0.15, 0.2) is 29.0 Å². The molecule has 0 unspecified atom stereocenters. The first-order chi connectivity index (χ1) is 11.3. The number of ether oxygens (including phenoxy) is 1. The van der Waals surface area contributed by atoms with E-state index in [1.807, 2.05) is 12.1 Å². The van der Waals surface area contributed by atoms with Gasteiger partial charge in [0, 0.05) is 49.6 Å². The number of aromatic nitrogens is 3. The molecule has 4 rings (SSSR count). The Morgan fingerprint density at radius 1 is 1.17 bits per heavy atom. The molecule has 2 aliphatic rings. The molecule has 2 aliphatic heterocycles. The van der Waals surface area contributed by atoms with Crippen LogP contribution in [0.3, 0.4) is 0 Å². The van der Waals surface area contributed by atoms with Crippen molar-refractivity contribution in [3.8, 4) is 11.4 Å². The van der Waals surface area contributed by atoms with Gasteiger partial charge in [-0.3, -0.25) is 14.8 Å². The lowest BCUT2D eigenvalue weighted by atomic mass is 10.1. The van der Waals surface area contributed by atoms with Crippen LogP contribution in [0.4, 0.5) is 0 Å². The lowest BCUT2D eigenvalue weighted by Crippen LogP contribution is -2.41. The van der Waals surface area contributed by atoms with Gasteiger partial charge in [0.2, 0.25) is 11.7 Å². The minimum absolute atomic E-state index is 0.435. The second-order valence-electron chi connectivity index (χ2n) is 6.44. The number of pyridine rings is 1. The number of likely N-dealkylation sites (N-methyl/N-ethyl adjacent to an activating group) is 1. The second-order valence-corrected chi connectivity index (χ2v) is 6.44. The van der Waals surface area contributed by atoms with Crippen LogP contribution in [0.25, 0.3) is 11.4 Å². The monoisotopic (exact) mass is 315 g/mol. The molecule has 2 aromatic rings. The van der Waals surface area contributed by atoms with E-state index in [-0.39, 0.29) is 0 Å². The molecule has 23 heavy (non-hydrogen) atoms. The van der Waals surface area contributed by atoms with Crippen molar-refractivity contribution >= 4 is 0 Å². The minimum atomic E-state index is 0.435. The Labute approximate surface area is 135 Å². The summed E-state index contributed by atoms with van der Waals surface area (Å²) in [6, 6.07) is 4.21. The third-order valence-electron chi connectivity index (χ3n) is 4.58. The van der Waals surface area contributed by atoms with Gasteiger partial charge in [0.25, 0.3) is 0 Å². The Morgan fingerprint density at radius 3 is 2.91 bits per heavy atom. The van der Waals surface area contributed by atoms with E-state index in [0.717, 1.165) is 38.4 Å². The summed E-state index contributed by atoms with van der Waals surface area (Å²) in [5, 5.41) is 4.09. The molecule has 0 aromatic carbocycles. The van der Waals surface area contributed by atoms with Gasteiger partial charge in [0.15, 0.2) is 0 Å². The van der Waals surface area contributed by atoms with E-state index < -0.39 is 0 Å². The summed E-state index contributed by atoms with van der Waals surface area (Å²) in [5.74, 6) is 1.83. The van der Waals surface area contributed by atoms with Crippen LogP contribution in [-0.4, -0.2) is 70.9 Å². The van der Waals surface area contributed by atoms with Crippen LogP contribution < -0.4 is 0 Å². The van der Waals surface area contributed by atoms with Crippen LogP contribution >= 0.6 is 0 Å². The summed E-state index contributed by atoms with van der Waals surface area (Å²) < 4.78 is 11.2. The summed E-state index contributed by atoms with van der Waals surface area (Å²) in [6.07, 6.45) is 3.47. The van der Waals surface area contributed by atoms with E-state index in [4.69, 9.17) is 9.26 Å². The van der Waals surface area contributed by atoms with Crippen LogP contribution in [0, 0.1) is 5.92 Å². The fraction of sp³-hybridized carbons (Fsp3) is 0.562. The van der Waals surface area contributed by atoms with Crippen LogP contribution in [0.2, 0.25) is 0 Å². The molecule has 2 aromatic heterocycles. The molecule has 0 saturated carbocycles. The molecule has 2 atom stereocenters. The largest absolute Gasteiger partial charge is 0.379 e. The fourth-order valence-electron chi connectivity index (χ4n) is 3.41. The van der Waals surface area contributed by atoms with E-state index in [1.165, 1.54) is 0 Å². The number of nitrogens with zero attached hydrogens (tertiary/aromatic N) is 5. The first kappa shape index (κ1) is 14.7. The standard InChI is InChI=1S/C16H21N5O2/c1-20-6-12-7-21(8-14(20)11-22-10-12)9-15-18-16(19-23-15)13-2-4-17-5-3-13/h2-5,12,14H,6-11H2,1H3/t12-,14+/m1/s1. The predicted octanol–water partition coefficient (Wildman–Crippen LogP) is 0.894. The molecule has 2 saturated heterocycles. The molecule has 122 valence electrons. The number of rotatable bonds is 3. The lowest BCUT2D eigenvalue weighted by molar-refractivity contribution is 0.0485. The highest BCUT2D eigenvalue weighted by Gasteiger charge is 2.31. The molecule has 0 spiro atoms. The topological polar surface area (TPSA) is 67.5 Å². The quantitative estimate of drug-likeness (QED) is 0.833. The second kappa shape index (κ2) is 6.35. The van der Waals surface area contributed by atoms with E-state index in [1.54, 1.807) is 12.4 Å². The van der Waals surface area contributed by atoms with Crippen molar-refractivity contribution in [3.05, 3.63) is 30.4 Å². The van der Waals surface area contributed by atoms with Gasteiger partial charge in [-0.05, 0) is 19.2 Å². The van der Waals surface area contributed by atoms with Crippen molar-refractivity contribution in [1.29, 1.82) is 0 Å². The van der Waals surface area contributed by atoms with Crippen molar-refractivity contribution in [3.63, 3.8) is 0 Å². The zero-order valence-electron chi connectivity index (χ0n) is 13.3. The predicted molar refractivity (Wildman–Crippen MR) is 83.5 cm³/mol. The number of hydrogen-bond acceptors (Lipinski definition) is 7. The molecular weight excluding hydrogens is 294 g/mol. The fourth-order valence-corrected chi connectivity index (χ4v) is 3.41. The van der Waals surface area contributed by atoms with Crippen LogP contribution in [0.5, 0.6) is 0 Å². The van der Waals surface area contributed by atoms with Gasteiger partial charge in [0.05, 0.1) is 19.8 Å². The van der Waals surface area contributed by atoms with Gasteiger partial charge in [-0.2, -0.15) is 4.98 Å². The molecular formula is C16H21N5O2. The summed E-state index contributed by atoms with van der Waals surface area (Å²) in [4.78, 5) is 13.4. The van der Waals surface area contributed by atoms with Crippen molar-refractivity contribution in [2.75, 3.05) is 39.9 Å². The van der Waals surface area contributed by atoms with Gasteiger partial charge in [0.1, 0.15) is 0 Å². The van der Waals surface area contributed by atoms with Crippen LogP contribution in [0.1, 0.15) is 5.89 Å². The first-order valence-electron chi connectivity index (χ1n) is 8.01. The van der Waals surface area contributed by atoms with E-state index in [2.05, 4.69) is 32.0 Å². The maximum atomic E-state index is 5.77. The van der Waals surface area contributed by atoms with Gasteiger partial charge in [-0.15, -0.1) is 0 Å². The lowest BCUT2D eigenvalue weighted by Gasteiger charge is -2.28. The Bertz CT molecular complexity index is 647. The van der Waals surface area contributed by atoms with Crippen LogP contribution in [-0.2, 0) is 11.3 Å². The molecule has 0 N–H and O–H groups in total. The highest BCUT2D eigenvalue weighted by atomic mass is 16.5. The third-order valence-corrected chi connectivity index (χ3v) is 4.58. The third kappa shape index (κ3) is 3.26. The zero-order chi connectivity index (χ0) is 15.6. The van der Waals surface area contributed by atoms with Crippen molar-refractivity contribution in [2.24, 2.45) is 5.92 Å². The normalized spacial score (nSPS) is 26.1. The van der Waals surface area contributed by atoms with E-state index >= 15 is 0 Å². The van der Waals surface area contributed by atoms with Gasteiger partial charge in [-0.25, -0.2) is 0 Å². The maximum Gasteiger partial charge on any atom is 0.241 e. The Morgan fingerprint density at radius 2 is 2.04 bits per heavy atom. The summed E-state index contributed by atoms with van der Waals surface area (Å²) in [7, 11) is 2.18. The molecule has 0 radical (unpaired) electrons. The SMILES string of the molecule is CN1C[C@H]2COC[C@@H]1CN(Cc1nc(-c3ccncc3)no1)C2. The zero-order valence-corrected chi connectivity index (χ0v) is 13.3.